The van der Waals surface area contributed by atoms with E-state index in [4.69, 9.17) is 4.42 Å². The molecule has 0 spiro atoms. The summed E-state index contributed by atoms with van der Waals surface area (Å²) < 4.78 is 83.6. The van der Waals surface area contributed by atoms with Gasteiger partial charge in [0.25, 0.3) is 10.0 Å². The number of halogens is 4. The van der Waals surface area contributed by atoms with Crippen LogP contribution in [-0.2, 0) is 27.4 Å². The van der Waals surface area contributed by atoms with E-state index in [0.29, 0.717) is 17.0 Å². The highest BCUT2D eigenvalue weighted by molar-refractivity contribution is 7.89. The van der Waals surface area contributed by atoms with Gasteiger partial charge in [-0.25, -0.2) is 17.5 Å². The van der Waals surface area contributed by atoms with Gasteiger partial charge in [0.2, 0.25) is 5.09 Å². The standard InChI is InChI=1S/C23H17F4N3O4S/c24-17-2-6-21-15(9-17)11-22(34-21)35(32,33)30-13-19(31)4-3-18-10-14(7-8-28-18)20-5-1-16(12-29-20)23(25,26)27/h1-2,5-12,30H,3-4,13H2. The Hall–Kier alpha value is -3.64. The highest BCUT2D eigenvalue weighted by atomic mass is 32.2. The van der Waals surface area contributed by atoms with Gasteiger partial charge >= 0.3 is 6.18 Å². The van der Waals surface area contributed by atoms with E-state index >= 15 is 0 Å². The number of furan rings is 1. The van der Waals surface area contributed by atoms with Gasteiger partial charge in [-0.05, 0) is 48.9 Å². The Morgan fingerprint density at radius 3 is 2.54 bits per heavy atom. The van der Waals surface area contributed by atoms with Crippen LogP contribution in [0.25, 0.3) is 22.2 Å². The summed E-state index contributed by atoms with van der Waals surface area (Å²) in [6.07, 6.45) is -2.16. The third kappa shape index (κ3) is 5.89. The lowest BCUT2D eigenvalue weighted by atomic mass is 10.1. The largest absolute Gasteiger partial charge is 0.443 e. The van der Waals surface area contributed by atoms with Crippen LogP contribution in [0.1, 0.15) is 17.7 Å². The number of pyridine rings is 2. The number of fused-ring (bicyclic) bond motifs is 1. The minimum atomic E-state index is -4.49. The molecule has 3 aromatic heterocycles. The molecule has 0 radical (unpaired) electrons. The minimum Gasteiger partial charge on any atom is -0.443 e. The number of aromatic nitrogens is 2. The second kappa shape index (κ2) is 9.55. The molecule has 35 heavy (non-hydrogen) atoms. The monoisotopic (exact) mass is 507 g/mol. The summed E-state index contributed by atoms with van der Waals surface area (Å²) in [4.78, 5) is 20.2. The molecule has 0 aliphatic rings. The first-order valence-corrected chi connectivity index (χ1v) is 11.7. The number of alkyl halides is 3. The van der Waals surface area contributed by atoms with Gasteiger partial charge in [0.15, 0.2) is 0 Å². The molecule has 4 aromatic rings. The van der Waals surface area contributed by atoms with E-state index in [1.165, 1.54) is 18.3 Å². The lowest BCUT2D eigenvalue weighted by molar-refractivity contribution is -0.137. The normalized spacial score (nSPS) is 12.2. The Labute approximate surface area is 196 Å². The summed E-state index contributed by atoms with van der Waals surface area (Å²) >= 11 is 0. The molecule has 0 unspecified atom stereocenters. The summed E-state index contributed by atoms with van der Waals surface area (Å²) in [5.41, 5.74) is 0.648. The molecule has 7 nitrogen and oxygen atoms in total. The third-order valence-corrected chi connectivity index (χ3v) is 6.30. The number of aryl methyl sites for hydroxylation is 1. The highest BCUT2D eigenvalue weighted by Crippen LogP contribution is 2.30. The zero-order valence-electron chi connectivity index (χ0n) is 17.8. The number of ketones is 1. The molecule has 0 aliphatic carbocycles. The van der Waals surface area contributed by atoms with Crippen LogP contribution >= 0.6 is 0 Å². The molecule has 0 amide bonds. The van der Waals surface area contributed by atoms with E-state index in [1.54, 1.807) is 12.1 Å². The highest BCUT2D eigenvalue weighted by Gasteiger charge is 2.30. The van der Waals surface area contributed by atoms with E-state index < -0.39 is 45.0 Å². The maximum atomic E-state index is 13.3. The fourth-order valence-corrected chi connectivity index (χ4v) is 4.21. The SMILES string of the molecule is O=C(CCc1cc(-c2ccc(C(F)(F)F)cn2)ccn1)CNS(=O)(=O)c1cc2cc(F)ccc2o1. The molecule has 0 fully saturated rings. The number of sulfonamides is 1. The van der Waals surface area contributed by atoms with Crippen molar-refractivity contribution < 1.29 is 35.2 Å². The molecule has 0 atom stereocenters. The van der Waals surface area contributed by atoms with Gasteiger partial charge < -0.3 is 4.42 Å². The van der Waals surface area contributed by atoms with Crippen LogP contribution in [0, 0.1) is 5.82 Å². The van der Waals surface area contributed by atoms with Crippen LogP contribution in [0.4, 0.5) is 17.6 Å². The smallest absolute Gasteiger partial charge is 0.417 e. The Morgan fingerprint density at radius 1 is 1.03 bits per heavy atom. The van der Waals surface area contributed by atoms with Crippen molar-refractivity contribution in [3.63, 3.8) is 0 Å². The van der Waals surface area contributed by atoms with E-state index in [0.717, 1.165) is 30.5 Å². The van der Waals surface area contributed by atoms with Gasteiger partial charge in [0.05, 0.1) is 17.8 Å². The number of hydrogen-bond donors (Lipinski definition) is 1. The van der Waals surface area contributed by atoms with Crippen LogP contribution in [-0.4, -0.2) is 30.7 Å². The van der Waals surface area contributed by atoms with Gasteiger partial charge in [-0.15, -0.1) is 0 Å². The molecule has 1 aromatic carbocycles. The number of carbonyl (C=O) groups is 1. The Morgan fingerprint density at radius 2 is 1.83 bits per heavy atom. The summed E-state index contributed by atoms with van der Waals surface area (Å²) in [5, 5.41) is -0.172. The number of rotatable bonds is 8. The lowest BCUT2D eigenvalue weighted by Gasteiger charge is -2.08. The van der Waals surface area contributed by atoms with Gasteiger partial charge in [0.1, 0.15) is 17.2 Å². The molecule has 0 bridgehead atoms. The van der Waals surface area contributed by atoms with Crippen molar-refractivity contribution in [1.82, 2.24) is 14.7 Å². The molecule has 0 aliphatic heterocycles. The predicted molar refractivity (Wildman–Crippen MR) is 117 cm³/mol. The molecule has 4 rings (SSSR count). The number of carbonyl (C=O) groups excluding carboxylic acids is 1. The topological polar surface area (TPSA) is 102 Å². The fraction of sp³-hybridized carbons (Fsp3) is 0.174. The van der Waals surface area contributed by atoms with E-state index in [9.17, 15) is 30.8 Å². The maximum Gasteiger partial charge on any atom is 0.417 e. The van der Waals surface area contributed by atoms with E-state index in [-0.39, 0.29) is 23.8 Å². The number of nitrogens with zero attached hydrogens (tertiary/aromatic N) is 2. The number of nitrogens with one attached hydrogen (secondary N) is 1. The molecule has 0 saturated carbocycles. The van der Waals surface area contributed by atoms with Gasteiger partial charge in [0, 0.05) is 41.5 Å². The summed E-state index contributed by atoms with van der Waals surface area (Å²) in [7, 11) is -4.13. The molecule has 3 heterocycles. The summed E-state index contributed by atoms with van der Waals surface area (Å²) in [6.45, 7) is -0.492. The number of Topliss-reactive ketones (excluding diaryl/α,β-unsaturated/α-hetero) is 1. The van der Waals surface area contributed by atoms with Crippen molar-refractivity contribution in [2.45, 2.75) is 24.1 Å². The first kappa shape index (κ1) is 24.5. The molecule has 182 valence electrons. The lowest BCUT2D eigenvalue weighted by Crippen LogP contribution is -2.29. The number of hydrogen-bond acceptors (Lipinski definition) is 6. The Bertz CT molecular complexity index is 1480. The molecule has 12 heteroatoms. The van der Waals surface area contributed by atoms with E-state index in [2.05, 4.69) is 14.7 Å². The van der Waals surface area contributed by atoms with Crippen molar-refractivity contribution in [3.05, 3.63) is 78.0 Å². The maximum absolute atomic E-state index is 13.3. The number of benzene rings is 1. The van der Waals surface area contributed by atoms with Gasteiger partial charge in [-0.2, -0.15) is 13.2 Å². The fourth-order valence-electron chi connectivity index (χ4n) is 3.23. The van der Waals surface area contributed by atoms with Crippen molar-refractivity contribution in [1.29, 1.82) is 0 Å². The third-order valence-electron chi connectivity index (χ3n) is 5.04. The minimum absolute atomic E-state index is 0.0369. The van der Waals surface area contributed by atoms with Crippen molar-refractivity contribution in [2.24, 2.45) is 0 Å². The van der Waals surface area contributed by atoms with Crippen LogP contribution < -0.4 is 4.72 Å². The Kier molecular flexibility index (Phi) is 6.68. The van der Waals surface area contributed by atoms with Crippen molar-refractivity contribution >= 4 is 26.8 Å². The van der Waals surface area contributed by atoms with E-state index in [1.807, 2.05) is 0 Å². The zero-order chi connectivity index (χ0) is 25.2. The second-order valence-corrected chi connectivity index (χ2v) is 9.27. The van der Waals surface area contributed by atoms with Crippen LogP contribution in [0.3, 0.4) is 0 Å². The molecular formula is C23H17F4N3O4S. The summed E-state index contributed by atoms with van der Waals surface area (Å²) in [6, 6.07) is 10.1. The van der Waals surface area contributed by atoms with Gasteiger partial charge in [-0.1, -0.05) is 0 Å². The molecule has 0 saturated heterocycles. The molecular weight excluding hydrogens is 490 g/mol. The quantitative estimate of drug-likeness (QED) is 0.352. The van der Waals surface area contributed by atoms with Crippen molar-refractivity contribution in [2.75, 3.05) is 6.54 Å². The average molecular weight is 507 g/mol. The first-order chi connectivity index (χ1) is 16.5. The summed E-state index contributed by atoms with van der Waals surface area (Å²) in [5.74, 6) is -0.965. The predicted octanol–water partition coefficient (Wildman–Crippen LogP) is 4.53. The van der Waals surface area contributed by atoms with Gasteiger partial charge in [-0.3, -0.25) is 14.8 Å². The Balaban J connectivity index is 1.35. The second-order valence-electron chi connectivity index (χ2n) is 7.58. The van der Waals surface area contributed by atoms with Crippen molar-refractivity contribution in [3.8, 4) is 11.3 Å². The average Bonchev–Trinajstić information content (AvgIpc) is 3.25. The van der Waals surface area contributed by atoms with Crippen LogP contribution in [0.2, 0.25) is 0 Å². The first-order valence-electron chi connectivity index (χ1n) is 10.2. The van der Waals surface area contributed by atoms with Crippen LogP contribution in [0.15, 0.2) is 70.4 Å². The van der Waals surface area contributed by atoms with Crippen LogP contribution in [0.5, 0.6) is 0 Å². The molecule has 1 N–H and O–H groups in total. The zero-order valence-corrected chi connectivity index (χ0v) is 18.7.